The van der Waals surface area contributed by atoms with Gasteiger partial charge in [0, 0.05) is 19.7 Å². The van der Waals surface area contributed by atoms with Crippen LogP contribution in [0.15, 0.2) is 18.2 Å². The highest BCUT2D eigenvalue weighted by Gasteiger charge is 2.27. The number of rotatable bonds is 5. The van der Waals surface area contributed by atoms with Crippen LogP contribution >= 0.6 is 11.6 Å². The molecular weight excluding hydrogens is 325 g/mol. The van der Waals surface area contributed by atoms with Crippen molar-refractivity contribution in [2.24, 2.45) is 0 Å². The van der Waals surface area contributed by atoms with Gasteiger partial charge in [-0.2, -0.15) is 13.2 Å². The molecule has 0 aliphatic rings. The molecule has 0 fully saturated rings. The maximum Gasteiger partial charge on any atom is 0.411 e. The number of halogens is 4. The Morgan fingerprint density at radius 3 is 2.50 bits per heavy atom. The molecule has 1 aromatic carbocycles. The molecule has 0 unspecified atom stereocenters. The third kappa shape index (κ3) is 5.90. The monoisotopic (exact) mass is 338 g/mol. The molecule has 0 heterocycles. The maximum absolute atomic E-state index is 11.9. The molecule has 1 rings (SSSR count). The van der Waals surface area contributed by atoms with E-state index in [0.29, 0.717) is 0 Å². The predicted octanol–water partition coefficient (Wildman–Crippen LogP) is 2.56. The fourth-order valence-corrected chi connectivity index (χ4v) is 1.62. The van der Waals surface area contributed by atoms with Crippen molar-refractivity contribution in [2.45, 2.75) is 6.18 Å². The maximum atomic E-state index is 11.9. The van der Waals surface area contributed by atoms with E-state index >= 15 is 0 Å². The number of carbonyl (C=O) groups is 2. The Hall–Kier alpha value is -1.80. The Bertz CT molecular complexity index is 562. The van der Waals surface area contributed by atoms with Gasteiger partial charge in [-0.25, -0.2) is 0 Å². The minimum Gasteiger partial charge on any atom is -0.362 e. The molecule has 0 aliphatic heterocycles. The summed E-state index contributed by atoms with van der Waals surface area (Å²) in [7, 11) is 3.11. The van der Waals surface area contributed by atoms with E-state index in [-0.39, 0.29) is 22.2 Å². The number of hydrogen-bond acceptors (Lipinski definition) is 3. The number of nitrogens with zero attached hydrogens (tertiary/aromatic N) is 1. The number of anilines is 1. The van der Waals surface area contributed by atoms with E-state index in [1.807, 2.05) is 0 Å². The van der Waals surface area contributed by atoms with Crippen molar-refractivity contribution >= 4 is 29.1 Å². The van der Waals surface area contributed by atoms with Crippen LogP contribution in [0.5, 0.6) is 0 Å². The van der Waals surface area contributed by atoms with E-state index in [9.17, 15) is 22.8 Å². The molecule has 1 aromatic rings. The Morgan fingerprint density at radius 2 is 1.95 bits per heavy atom. The van der Waals surface area contributed by atoms with Crippen molar-refractivity contribution in [1.29, 1.82) is 0 Å². The van der Waals surface area contributed by atoms with E-state index in [0.717, 1.165) is 0 Å². The van der Waals surface area contributed by atoms with Gasteiger partial charge in [-0.3, -0.25) is 9.59 Å². The van der Waals surface area contributed by atoms with E-state index in [4.69, 9.17) is 11.6 Å². The van der Waals surface area contributed by atoms with Gasteiger partial charge in [-0.05, 0) is 18.2 Å². The highest BCUT2D eigenvalue weighted by molar-refractivity contribution is 6.33. The summed E-state index contributed by atoms with van der Waals surface area (Å²) in [5.74, 6) is -1.11. The first-order valence-corrected chi connectivity index (χ1v) is 6.43. The molecule has 2 amide bonds. The summed E-state index contributed by atoms with van der Waals surface area (Å²) in [6.07, 6.45) is -4.50. The molecule has 0 spiro atoms. The summed E-state index contributed by atoms with van der Waals surface area (Å²) in [5.41, 5.74) is 0.399. The summed E-state index contributed by atoms with van der Waals surface area (Å²) >= 11 is 5.87. The van der Waals surface area contributed by atoms with Crippen molar-refractivity contribution in [3.8, 4) is 0 Å². The van der Waals surface area contributed by atoms with Gasteiger partial charge >= 0.3 is 6.18 Å². The predicted molar refractivity (Wildman–Crippen MR) is 75.0 cm³/mol. The van der Waals surface area contributed by atoms with Crippen molar-refractivity contribution in [3.05, 3.63) is 28.8 Å². The van der Waals surface area contributed by atoms with Crippen LogP contribution in [0.3, 0.4) is 0 Å². The highest BCUT2D eigenvalue weighted by atomic mass is 35.5. The lowest BCUT2D eigenvalue weighted by atomic mass is 10.2. The molecule has 0 saturated heterocycles. The van der Waals surface area contributed by atoms with Crippen LogP contribution in [-0.4, -0.2) is 50.2 Å². The average molecular weight is 339 g/mol. The number of carbonyl (C=O) groups excluding carboxylic acids is 2. The summed E-state index contributed by atoms with van der Waals surface area (Å²) in [5, 5.41) is 2.45. The second-order valence-electron chi connectivity index (χ2n) is 4.55. The summed E-state index contributed by atoms with van der Waals surface area (Å²) in [4.78, 5) is 24.6. The van der Waals surface area contributed by atoms with Crippen LogP contribution in [0.25, 0.3) is 0 Å². The third-order valence-corrected chi connectivity index (χ3v) is 2.72. The Morgan fingerprint density at radius 1 is 1.32 bits per heavy atom. The lowest BCUT2D eigenvalue weighted by molar-refractivity contribution is -0.174. The van der Waals surface area contributed by atoms with Gasteiger partial charge in [0.25, 0.3) is 5.91 Å². The first-order chi connectivity index (χ1) is 10.1. The first-order valence-electron chi connectivity index (χ1n) is 6.05. The molecular formula is C13H14ClF3N2O3. The molecule has 0 aliphatic carbocycles. The number of amides is 2. The van der Waals surface area contributed by atoms with E-state index in [2.05, 4.69) is 10.1 Å². The van der Waals surface area contributed by atoms with Gasteiger partial charge in [0.05, 0.1) is 10.7 Å². The Labute approximate surface area is 130 Å². The standard InChI is InChI=1S/C13H14ClF3N2O3/c1-19(2)12(21)8-3-4-9(14)10(5-8)18-11(20)6-22-7-13(15,16)17/h3-5H,6-7H2,1-2H3,(H,18,20). The zero-order chi connectivity index (χ0) is 16.9. The zero-order valence-electron chi connectivity index (χ0n) is 11.8. The van der Waals surface area contributed by atoms with Crippen molar-refractivity contribution in [2.75, 3.05) is 32.6 Å². The van der Waals surface area contributed by atoms with Crippen molar-refractivity contribution < 1.29 is 27.5 Å². The lowest BCUT2D eigenvalue weighted by Crippen LogP contribution is -2.24. The topological polar surface area (TPSA) is 58.6 Å². The lowest BCUT2D eigenvalue weighted by Gasteiger charge is -2.13. The molecule has 9 heteroatoms. The van der Waals surface area contributed by atoms with Crippen LogP contribution in [0.2, 0.25) is 5.02 Å². The van der Waals surface area contributed by atoms with E-state index in [1.165, 1.54) is 23.1 Å². The highest BCUT2D eigenvalue weighted by Crippen LogP contribution is 2.23. The summed E-state index contributed by atoms with van der Waals surface area (Å²) < 4.78 is 39.9. The first kappa shape index (κ1) is 18.2. The molecule has 0 radical (unpaired) electrons. The molecule has 122 valence electrons. The summed E-state index contributed by atoms with van der Waals surface area (Å²) in [6, 6.07) is 4.22. The number of alkyl halides is 3. The molecule has 0 saturated carbocycles. The molecule has 1 N–H and O–H groups in total. The van der Waals surface area contributed by atoms with Crippen molar-refractivity contribution in [1.82, 2.24) is 4.90 Å². The van der Waals surface area contributed by atoms with Gasteiger partial charge in [0.2, 0.25) is 5.91 Å². The molecule has 22 heavy (non-hydrogen) atoms. The van der Waals surface area contributed by atoms with Gasteiger partial charge in [0.15, 0.2) is 0 Å². The van der Waals surface area contributed by atoms with Gasteiger partial charge in [-0.15, -0.1) is 0 Å². The minimum absolute atomic E-state index is 0.120. The molecule has 0 aromatic heterocycles. The van der Waals surface area contributed by atoms with Gasteiger partial charge in [-0.1, -0.05) is 11.6 Å². The number of benzene rings is 1. The smallest absolute Gasteiger partial charge is 0.362 e. The van der Waals surface area contributed by atoms with Gasteiger partial charge < -0.3 is 15.0 Å². The normalized spacial score (nSPS) is 11.2. The largest absolute Gasteiger partial charge is 0.411 e. The van der Waals surface area contributed by atoms with Crippen molar-refractivity contribution in [3.63, 3.8) is 0 Å². The second-order valence-corrected chi connectivity index (χ2v) is 4.96. The van der Waals surface area contributed by atoms with E-state index in [1.54, 1.807) is 14.1 Å². The summed E-state index contributed by atoms with van der Waals surface area (Å²) in [6.45, 7) is -2.30. The second kappa shape index (κ2) is 7.46. The SMILES string of the molecule is CN(C)C(=O)c1ccc(Cl)c(NC(=O)COCC(F)(F)F)c1. The van der Waals surface area contributed by atoms with Crippen LogP contribution in [0, 0.1) is 0 Å². The number of hydrogen-bond donors (Lipinski definition) is 1. The zero-order valence-corrected chi connectivity index (χ0v) is 12.6. The fourth-order valence-electron chi connectivity index (χ4n) is 1.46. The third-order valence-electron chi connectivity index (χ3n) is 2.39. The molecule has 0 atom stereocenters. The minimum atomic E-state index is -4.50. The molecule has 5 nitrogen and oxygen atoms in total. The van der Waals surface area contributed by atoms with E-state index < -0.39 is 25.3 Å². The Kier molecular flexibility index (Phi) is 6.19. The van der Waals surface area contributed by atoms with Crippen LogP contribution in [0.4, 0.5) is 18.9 Å². The quantitative estimate of drug-likeness (QED) is 0.897. The fraction of sp³-hybridized carbons (Fsp3) is 0.385. The van der Waals surface area contributed by atoms with Gasteiger partial charge in [0.1, 0.15) is 13.2 Å². The number of ether oxygens (including phenoxy) is 1. The van der Waals surface area contributed by atoms with Crippen LogP contribution in [0.1, 0.15) is 10.4 Å². The van der Waals surface area contributed by atoms with Crippen LogP contribution in [-0.2, 0) is 9.53 Å². The Balaban J connectivity index is 2.70. The van der Waals surface area contributed by atoms with Crippen LogP contribution < -0.4 is 5.32 Å². The molecule has 0 bridgehead atoms. The number of nitrogens with one attached hydrogen (secondary N) is 1. The average Bonchev–Trinajstić information content (AvgIpc) is 2.38.